The molecule has 0 spiro atoms. The van der Waals surface area contributed by atoms with Crippen molar-refractivity contribution in [1.29, 1.82) is 0 Å². The first-order valence-corrected chi connectivity index (χ1v) is 10.1. The number of fused-ring (bicyclic) bond motifs is 1. The van der Waals surface area contributed by atoms with Crippen LogP contribution in [0.25, 0.3) is 16.2 Å². The first-order valence-electron chi connectivity index (χ1n) is 7.75. The Morgan fingerprint density at radius 3 is 2.62 bits per heavy atom. The predicted octanol–water partition coefficient (Wildman–Crippen LogP) is 3.87. The van der Waals surface area contributed by atoms with Crippen LogP contribution in [0.3, 0.4) is 0 Å². The summed E-state index contributed by atoms with van der Waals surface area (Å²) in [5.41, 5.74) is 2.23. The lowest BCUT2D eigenvalue weighted by atomic mass is 10.1. The number of aromatic nitrogens is 2. The molecule has 2 aromatic carbocycles. The number of imidazole rings is 1. The van der Waals surface area contributed by atoms with E-state index in [9.17, 15) is 8.42 Å². The smallest absolute Gasteiger partial charge is 0.265 e. The molecule has 0 aliphatic rings. The summed E-state index contributed by atoms with van der Waals surface area (Å²) in [5.74, 6) is 0.301. The van der Waals surface area contributed by atoms with E-state index in [-0.39, 0.29) is 4.90 Å². The van der Waals surface area contributed by atoms with Gasteiger partial charge in [0.1, 0.15) is 10.6 Å². The van der Waals surface area contributed by atoms with E-state index in [2.05, 4.69) is 9.71 Å². The van der Waals surface area contributed by atoms with Gasteiger partial charge >= 0.3 is 0 Å². The number of hydrogen-bond donors (Lipinski definition) is 1. The summed E-state index contributed by atoms with van der Waals surface area (Å²) >= 11 is 1.56. The van der Waals surface area contributed by atoms with Gasteiger partial charge in [-0.15, -0.1) is 11.3 Å². The van der Waals surface area contributed by atoms with Gasteiger partial charge < -0.3 is 4.74 Å². The molecule has 2 heterocycles. The fourth-order valence-corrected chi connectivity index (χ4v) is 4.56. The highest BCUT2D eigenvalue weighted by Gasteiger charge is 2.19. The number of ether oxygens (including phenoxy) is 1. The van der Waals surface area contributed by atoms with Crippen LogP contribution >= 0.6 is 11.3 Å². The summed E-state index contributed by atoms with van der Waals surface area (Å²) in [6, 6.07) is 13.6. The highest BCUT2D eigenvalue weighted by atomic mass is 32.2. The Labute approximate surface area is 154 Å². The Kier molecular flexibility index (Phi) is 4.14. The van der Waals surface area contributed by atoms with Crippen molar-refractivity contribution >= 4 is 32.0 Å². The zero-order valence-electron chi connectivity index (χ0n) is 13.8. The Morgan fingerprint density at radius 2 is 1.88 bits per heavy atom. The maximum Gasteiger partial charge on any atom is 0.265 e. The molecule has 4 aromatic rings. The molecule has 6 nitrogen and oxygen atoms in total. The average molecular weight is 385 g/mol. The van der Waals surface area contributed by atoms with Gasteiger partial charge in [-0.2, -0.15) is 0 Å². The van der Waals surface area contributed by atoms with Gasteiger partial charge in [0.05, 0.1) is 12.8 Å². The molecule has 0 fully saturated rings. The maximum absolute atomic E-state index is 12.6. The van der Waals surface area contributed by atoms with Gasteiger partial charge in [0.2, 0.25) is 0 Å². The molecule has 0 amide bonds. The van der Waals surface area contributed by atoms with E-state index in [1.54, 1.807) is 41.7 Å². The van der Waals surface area contributed by atoms with Crippen LogP contribution in [-0.2, 0) is 10.0 Å². The predicted molar refractivity (Wildman–Crippen MR) is 102 cm³/mol. The summed E-state index contributed by atoms with van der Waals surface area (Å²) in [6.07, 6.45) is 3.89. The number of nitrogens with zero attached hydrogens (tertiary/aromatic N) is 2. The number of thiazole rings is 1. The average Bonchev–Trinajstić information content (AvgIpc) is 3.24. The molecular formula is C18H15N3O3S2. The fourth-order valence-electron chi connectivity index (χ4n) is 2.63. The van der Waals surface area contributed by atoms with Gasteiger partial charge in [-0.05, 0) is 24.3 Å². The quantitative estimate of drug-likeness (QED) is 0.566. The van der Waals surface area contributed by atoms with Gasteiger partial charge in [-0.25, -0.2) is 13.4 Å². The second-order valence-corrected chi connectivity index (χ2v) is 8.08. The van der Waals surface area contributed by atoms with Crippen molar-refractivity contribution in [1.82, 2.24) is 9.38 Å². The number of rotatable bonds is 5. The normalized spacial score (nSPS) is 11.6. The van der Waals surface area contributed by atoms with Crippen molar-refractivity contribution in [3.05, 3.63) is 66.3 Å². The first-order chi connectivity index (χ1) is 12.6. The van der Waals surface area contributed by atoms with E-state index in [4.69, 9.17) is 4.74 Å². The Morgan fingerprint density at radius 1 is 1.12 bits per heavy atom. The SMILES string of the molecule is COc1ccccc1S(=O)(=O)Nc1ccc(-c2cn3ccsc3n2)cc1. The van der Waals surface area contributed by atoms with E-state index in [1.165, 1.54) is 13.2 Å². The number of benzene rings is 2. The summed E-state index contributed by atoms with van der Waals surface area (Å²) in [4.78, 5) is 5.56. The Balaban J connectivity index is 1.60. The number of nitrogens with one attached hydrogen (secondary N) is 1. The number of methoxy groups -OCH3 is 1. The van der Waals surface area contributed by atoms with Crippen LogP contribution < -0.4 is 9.46 Å². The maximum atomic E-state index is 12.6. The molecule has 4 rings (SSSR count). The van der Waals surface area contributed by atoms with Gasteiger partial charge in [0, 0.05) is 29.0 Å². The number of hydrogen-bond acceptors (Lipinski definition) is 5. The van der Waals surface area contributed by atoms with Crippen molar-refractivity contribution in [3.8, 4) is 17.0 Å². The van der Waals surface area contributed by atoms with Crippen LogP contribution in [0.5, 0.6) is 5.75 Å². The zero-order valence-corrected chi connectivity index (χ0v) is 15.4. The third kappa shape index (κ3) is 3.04. The Hall–Kier alpha value is -2.84. The van der Waals surface area contributed by atoms with Crippen LogP contribution in [0, 0.1) is 0 Å². The second-order valence-electron chi connectivity index (χ2n) is 5.55. The minimum Gasteiger partial charge on any atom is -0.495 e. The molecule has 132 valence electrons. The van der Waals surface area contributed by atoms with Gasteiger partial charge in [0.25, 0.3) is 10.0 Å². The summed E-state index contributed by atoms with van der Waals surface area (Å²) in [5, 5.41) is 1.97. The molecule has 0 aliphatic heterocycles. The second kappa shape index (κ2) is 6.47. The molecule has 26 heavy (non-hydrogen) atoms. The zero-order chi connectivity index (χ0) is 18.1. The van der Waals surface area contributed by atoms with E-state index in [0.717, 1.165) is 16.2 Å². The first kappa shape index (κ1) is 16.6. The number of anilines is 1. The molecule has 2 aromatic heterocycles. The van der Waals surface area contributed by atoms with Crippen molar-refractivity contribution < 1.29 is 13.2 Å². The Bertz CT molecular complexity index is 1130. The highest BCUT2D eigenvalue weighted by molar-refractivity contribution is 7.92. The van der Waals surface area contributed by atoms with Gasteiger partial charge in [0.15, 0.2) is 4.96 Å². The molecule has 0 atom stereocenters. The molecule has 0 aliphatic carbocycles. The highest BCUT2D eigenvalue weighted by Crippen LogP contribution is 2.27. The van der Waals surface area contributed by atoms with Crippen molar-refractivity contribution in [2.24, 2.45) is 0 Å². The van der Waals surface area contributed by atoms with Gasteiger partial charge in [-0.1, -0.05) is 24.3 Å². The minimum absolute atomic E-state index is 0.0981. The van der Waals surface area contributed by atoms with Crippen molar-refractivity contribution in [3.63, 3.8) is 0 Å². The summed E-state index contributed by atoms with van der Waals surface area (Å²) < 4.78 is 34.9. The van der Waals surface area contributed by atoms with Gasteiger partial charge in [-0.3, -0.25) is 9.12 Å². The number of sulfonamides is 1. The topological polar surface area (TPSA) is 72.7 Å². The minimum atomic E-state index is -3.74. The van der Waals surface area contributed by atoms with Crippen LogP contribution in [-0.4, -0.2) is 24.9 Å². The standard InChI is InChI=1S/C18H15N3O3S2/c1-24-16-4-2-3-5-17(16)26(22,23)20-14-8-6-13(7-9-14)15-12-21-10-11-25-18(21)19-15/h2-12,20H,1H3. The monoisotopic (exact) mass is 385 g/mol. The fraction of sp³-hybridized carbons (Fsp3) is 0.0556. The molecule has 0 bridgehead atoms. The van der Waals surface area contributed by atoms with E-state index < -0.39 is 10.0 Å². The van der Waals surface area contributed by atoms with Crippen molar-refractivity contribution in [2.75, 3.05) is 11.8 Å². The van der Waals surface area contributed by atoms with E-state index in [0.29, 0.717) is 11.4 Å². The summed E-state index contributed by atoms with van der Waals surface area (Å²) in [7, 11) is -2.29. The molecule has 0 saturated heterocycles. The van der Waals surface area contributed by atoms with Crippen LogP contribution in [0.1, 0.15) is 0 Å². The third-order valence-electron chi connectivity index (χ3n) is 3.88. The molecule has 0 unspecified atom stereocenters. The molecule has 1 N–H and O–H groups in total. The van der Waals surface area contributed by atoms with Crippen LogP contribution in [0.15, 0.2) is 71.2 Å². The number of para-hydroxylation sites is 1. The van der Waals surface area contributed by atoms with E-state index >= 15 is 0 Å². The molecule has 8 heteroatoms. The van der Waals surface area contributed by atoms with Crippen LogP contribution in [0.2, 0.25) is 0 Å². The lowest BCUT2D eigenvalue weighted by molar-refractivity contribution is 0.403. The largest absolute Gasteiger partial charge is 0.495 e. The van der Waals surface area contributed by atoms with Crippen molar-refractivity contribution in [2.45, 2.75) is 4.90 Å². The van der Waals surface area contributed by atoms with Crippen LogP contribution in [0.4, 0.5) is 5.69 Å². The lowest BCUT2D eigenvalue weighted by Crippen LogP contribution is -2.13. The molecular weight excluding hydrogens is 370 g/mol. The lowest BCUT2D eigenvalue weighted by Gasteiger charge is -2.11. The molecule has 0 saturated carbocycles. The molecule has 0 radical (unpaired) electrons. The van der Waals surface area contributed by atoms with E-state index in [1.807, 2.05) is 34.3 Å². The summed E-state index contributed by atoms with van der Waals surface area (Å²) in [6.45, 7) is 0. The third-order valence-corrected chi connectivity index (χ3v) is 6.08.